The standard InChI is InChI=1S/C17H17ClN2O4S/c18-14-5-3-12(20-7-1-2-8-20)9-15(14)19-25(21,22)13-4-6-16-17(10-13)24-11-23-16/h3-6,9-10,19H,1-2,7-8,11H2. The summed E-state index contributed by atoms with van der Waals surface area (Å²) in [6, 6.07) is 9.91. The van der Waals surface area contributed by atoms with E-state index in [0.717, 1.165) is 31.6 Å². The van der Waals surface area contributed by atoms with Crippen LogP contribution in [0.15, 0.2) is 41.3 Å². The Hall–Kier alpha value is -2.12. The van der Waals surface area contributed by atoms with Crippen LogP contribution >= 0.6 is 11.6 Å². The van der Waals surface area contributed by atoms with Crippen molar-refractivity contribution in [2.24, 2.45) is 0 Å². The van der Waals surface area contributed by atoms with Gasteiger partial charge in [-0.15, -0.1) is 0 Å². The second-order valence-corrected chi connectivity index (χ2v) is 8.07. The van der Waals surface area contributed by atoms with Crippen molar-refractivity contribution in [3.05, 3.63) is 41.4 Å². The van der Waals surface area contributed by atoms with Crippen LogP contribution in [-0.4, -0.2) is 28.3 Å². The predicted octanol–water partition coefficient (Wildman–Crippen LogP) is 3.47. The Labute approximate surface area is 151 Å². The van der Waals surface area contributed by atoms with Crippen LogP contribution in [0.4, 0.5) is 11.4 Å². The molecule has 0 saturated carbocycles. The first-order valence-corrected chi connectivity index (χ1v) is 9.86. The molecule has 6 nitrogen and oxygen atoms in total. The number of ether oxygens (including phenoxy) is 2. The molecule has 2 heterocycles. The van der Waals surface area contributed by atoms with Gasteiger partial charge >= 0.3 is 0 Å². The fourth-order valence-corrected chi connectivity index (χ4v) is 4.32. The minimum Gasteiger partial charge on any atom is -0.454 e. The van der Waals surface area contributed by atoms with Gasteiger partial charge < -0.3 is 14.4 Å². The highest BCUT2D eigenvalue weighted by molar-refractivity contribution is 7.92. The zero-order valence-electron chi connectivity index (χ0n) is 13.4. The molecule has 0 spiro atoms. The number of benzene rings is 2. The summed E-state index contributed by atoms with van der Waals surface area (Å²) >= 11 is 6.20. The molecule has 25 heavy (non-hydrogen) atoms. The van der Waals surface area contributed by atoms with E-state index in [9.17, 15) is 8.42 Å². The first-order valence-electron chi connectivity index (χ1n) is 8.00. The van der Waals surface area contributed by atoms with Crippen LogP contribution in [0.25, 0.3) is 0 Å². The summed E-state index contributed by atoms with van der Waals surface area (Å²) in [6.07, 6.45) is 2.28. The molecule has 8 heteroatoms. The van der Waals surface area contributed by atoms with E-state index in [1.165, 1.54) is 12.1 Å². The average molecular weight is 381 g/mol. The van der Waals surface area contributed by atoms with Crippen molar-refractivity contribution in [3.8, 4) is 11.5 Å². The number of sulfonamides is 1. The zero-order chi connectivity index (χ0) is 17.4. The summed E-state index contributed by atoms with van der Waals surface area (Å²) in [5.41, 5.74) is 1.33. The Morgan fingerprint density at radius 2 is 1.76 bits per heavy atom. The first kappa shape index (κ1) is 16.4. The van der Waals surface area contributed by atoms with E-state index in [1.807, 2.05) is 6.07 Å². The molecule has 2 aliphatic rings. The van der Waals surface area contributed by atoms with Gasteiger partial charge in [0.1, 0.15) is 0 Å². The third kappa shape index (κ3) is 3.21. The van der Waals surface area contributed by atoms with Gasteiger partial charge in [0, 0.05) is 24.8 Å². The molecule has 2 aromatic rings. The average Bonchev–Trinajstić information content (AvgIpc) is 3.27. The lowest BCUT2D eigenvalue weighted by Gasteiger charge is -2.19. The molecular weight excluding hydrogens is 364 g/mol. The lowest BCUT2D eigenvalue weighted by atomic mass is 10.2. The topological polar surface area (TPSA) is 67.9 Å². The Morgan fingerprint density at radius 1 is 1.00 bits per heavy atom. The quantitative estimate of drug-likeness (QED) is 0.879. The second kappa shape index (κ2) is 6.31. The number of nitrogens with zero attached hydrogens (tertiary/aromatic N) is 1. The molecule has 0 aromatic heterocycles. The van der Waals surface area contributed by atoms with Crippen molar-refractivity contribution in [2.75, 3.05) is 29.5 Å². The molecule has 0 aliphatic carbocycles. The predicted molar refractivity (Wildman–Crippen MR) is 96.3 cm³/mol. The van der Waals surface area contributed by atoms with Gasteiger partial charge in [-0.25, -0.2) is 8.42 Å². The van der Waals surface area contributed by atoms with Crippen LogP contribution in [0.1, 0.15) is 12.8 Å². The fourth-order valence-electron chi connectivity index (χ4n) is 3.01. The third-order valence-electron chi connectivity index (χ3n) is 4.32. The molecule has 2 aliphatic heterocycles. The minimum absolute atomic E-state index is 0.0932. The van der Waals surface area contributed by atoms with E-state index in [0.29, 0.717) is 22.2 Å². The lowest BCUT2D eigenvalue weighted by Crippen LogP contribution is -2.18. The largest absolute Gasteiger partial charge is 0.454 e. The molecule has 0 amide bonds. The number of halogens is 1. The van der Waals surface area contributed by atoms with Crippen molar-refractivity contribution in [3.63, 3.8) is 0 Å². The summed E-state index contributed by atoms with van der Waals surface area (Å²) in [6.45, 7) is 2.03. The van der Waals surface area contributed by atoms with Crippen LogP contribution < -0.4 is 19.1 Å². The van der Waals surface area contributed by atoms with Crippen molar-refractivity contribution >= 4 is 33.0 Å². The smallest absolute Gasteiger partial charge is 0.262 e. The number of nitrogens with one attached hydrogen (secondary N) is 1. The van der Waals surface area contributed by atoms with Crippen LogP contribution in [0.3, 0.4) is 0 Å². The Morgan fingerprint density at radius 3 is 2.56 bits per heavy atom. The van der Waals surface area contributed by atoms with Gasteiger partial charge in [0.25, 0.3) is 10.0 Å². The summed E-state index contributed by atoms with van der Waals surface area (Å²) < 4.78 is 38.4. The second-order valence-electron chi connectivity index (χ2n) is 5.98. The Kier molecular flexibility index (Phi) is 4.13. The van der Waals surface area contributed by atoms with Gasteiger partial charge in [-0.05, 0) is 43.2 Å². The van der Waals surface area contributed by atoms with Crippen LogP contribution in [0.2, 0.25) is 5.02 Å². The fraction of sp³-hybridized carbons (Fsp3) is 0.294. The maximum Gasteiger partial charge on any atom is 0.262 e. The van der Waals surface area contributed by atoms with Crippen LogP contribution in [0, 0.1) is 0 Å². The molecule has 132 valence electrons. The summed E-state index contributed by atoms with van der Waals surface area (Å²) in [4.78, 5) is 2.31. The Balaban J connectivity index is 1.63. The monoisotopic (exact) mass is 380 g/mol. The highest BCUT2D eigenvalue weighted by atomic mass is 35.5. The number of fused-ring (bicyclic) bond motifs is 1. The van der Waals surface area contributed by atoms with Gasteiger partial charge in [-0.3, -0.25) is 4.72 Å². The van der Waals surface area contributed by atoms with Crippen molar-refractivity contribution in [1.82, 2.24) is 0 Å². The molecule has 4 rings (SSSR count). The van der Waals surface area contributed by atoms with E-state index >= 15 is 0 Å². The van der Waals surface area contributed by atoms with Gasteiger partial charge in [-0.2, -0.15) is 0 Å². The molecule has 0 radical (unpaired) electrons. The molecule has 0 bridgehead atoms. The molecular formula is C17H17ClN2O4S. The van der Waals surface area contributed by atoms with E-state index in [2.05, 4.69) is 9.62 Å². The Bertz CT molecular complexity index is 911. The van der Waals surface area contributed by atoms with Crippen LogP contribution in [-0.2, 0) is 10.0 Å². The van der Waals surface area contributed by atoms with Crippen LogP contribution in [0.5, 0.6) is 11.5 Å². The van der Waals surface area contributed by atoms with E-state index in [4.69, 9.17) is 21.1 Å². The maximum atomic E-state index is 12.7. The molecule has 2 aromatic carbocycles. The normalized spacial score (nSPS) is 16.3. The summed E-state index contributed by atoms with van der Waals surface area (Å²) in [5, 5.41) is 0.354. The first-order chi connectivity index (χ1) is 12.0. The highest BCUT2D eigenvalue weighted by Crippen LogP contribution is 2.35. The zero-order valence-corrected chi connectivity index (χ0v) is 14.9. The van der Waals surface area contributed by atoms with Gasteiger partial charge in [-0.1, -0.05) is 11.6 Å². The maximum absolute atomic E-state index is 12.7. The van der Waals surface area contributed by atoms with Crippen molar-refractivity contribution in [2.45, 2.75) is 17.7 Å². The van der Waals surface area contributed by atoms with E-state index < -0.39 is 10.0 Å². The van der Waals surface area contributed by atoms with E-state index in [1.54, 1.807) is 18.2 Å². The number of hydrogen-bond acceptors (Lipinski definition) is 5. The molecule has 0 unspecified atom stereocenters. The molecule has 1 saturated heterocycles. The van der Waals surface area contributed by atoms with Crippen molar-refractivity contribution < 1.29 is 17.9 Å². The third-order valence-corrected chi connectivity index (χ3v) is 6.01. The molecule has 1 N–H and O–H groups in total. The van der Waals surface area contributed by atoms with Gasteiger partial charge in [0.2, 0.25) is 6.79 Å². The summed E-state index contributed by atoms with van der Waals surface area (Å²) in [5.74, 6) is 0.952. The number of anilines is 2. The SMILES string of the molecule is O=S(=O)(Nc1cc(N2CCCC2)ccc1Cl)c1ccc2c(c1)OCO2. The number of hydrogen-bond donors (Lipinski definition) is 1. The van der Waals surface area contributed by atoms with Gasteiger partial charge in [0.05, 0.1) is 15.6 Å². The lowest BCUT2D eigenvalue weighted by molar-refractivity contribution is 0.174. The summed E-state index contributed by atoms with van der Waals surface area (Å²) in [7, 11) is -3.79. The molecule has 1 fully saturated rings. The van der Waals surface area contributed by atoms with Gasteiger partial charge in [0.15, 0.2) is 11.5 Å². The number of rotatable bonds is 4. The minimum atomic E-state index is -3.79. The highest BCUT2D eigenvalue weighted by Gasteiger charge is 2.22. The molecule has 0 atom stereocenters. The van der Waals surface area contributed by atoms with E-state index in [-0.39, 0.29) is 11.7 Å². The van der Waals surface area contributed by atoms with Crippen molar-refractivity contribution in [1.29, 1.82) is 0 Å².